The minimum absolute atomic E-state index is 0.272. The third-order valence-corrected chi connectivity index (χ3v) is 3.03. The molecule has 0 radical (unpaired) electrons. The molecule has 1 saturated carbocycles. The number of anilines is 1. The highest BCUT2D eigenvalue weighted by Gasteiger charge is 2.62. The number of rotatable bonds is 1. The quantitative estimate of drug-likeness (QED) is 0.679. The van der Waals surface area contributed by atoms with Gasteiger partial charge in [-0.15, -0.1) is 0 Å². The van der Waals surface area contributed by atoms with Crippen molar-refractivity contribution in [2.75, 3.05) is 4.90 Å². The molecule has 17 heavy (non-hydrogen) atoms. The maximum atomic E-state index is 12.1. The summed E-state index contributed by atoms with van der Waals surface area (Å²) in [5.74, 6) is -0.985. The Morgan fingerprint density at radius 1 is 1.18 bits per heavy atom. The van der Waals surface area contributed by atoms with Crippen LogP contribution in [0.2, 0.25) is 0 Å². The highest BCUT2D eigenvalue weighted by molar-refractivity contribution is 6.31. The maximum absolute atomic E-state index is 12.1. The molecule has 0 aromatic carbocycles. The zero-order chi connectivity index (χ0) is 12.0. The molecule has 2 fully saturated rings. The molecule has 2 heterocycles. The number of hydrogen-bond acceptors (Lipinski definition) is 5. The average Bonchev–Trinajstić information content (AvgIpc) is 3.10. The van der Waals surface area contributed by atoms with Gasteiger partial charge in [0.1, 0.15) is 11.7 Å². The van der Waals surface area contributed by atoms with E-state index < -0.39 is 23.3 Å². The van der Waals surface area contributed by atoms with Crippen LogP contribution in [0.5, 0.6) is 0 Å². The number of nitrogens with zero attached hydrogens (tertiary/aromatic N) is 3. The van der Waals surface area contributed by atoms with Crippen molar-refractivity contribution < 1.29 is 14.4 Å². The number of carbonyl (C=O) groups is 3. The van der Waals surface area contributed by atoms with Crippen LogP contribution in [0.15, 0.2) is 18.7 Å². The van der Waals surface area contributed by atoms with E-state index in [2.05, 4.69) is 15.3 Å². The first kappa shape index (κ1) is 9.88. The van der Waals surface area contributed by atoms with Crippen LogP contribution in [-0.2, 0) is 9.59 Å². The molecule has 1 N–H and O–H groups in total. The van der Waals surface area contributed by atoms with Crippen molar-refractivity contribution in [1.82, 2.24) is 15.3 Å². The Morgan fingerprint density at radius 2 is 1.82 bits per heavy atom. The molecule has 1 spiro atoms. The minimum Gasteiger partial charge on any atom is -0.276 e. The van der Waals surface area contributed by atoms with Crippen molar-refractivity contribution in [1.29, 1.82) is 0 Å². The molecule has 2 aliphatic rings. The lowest BCUT2D eigenvalue weighted by atomic mass is 10.0. The van der Waals surface area contributed by atoms with E-state index in [1.165, 1.54) is 18.7 Å². The number of barbiturate groups is 1. The van der Waals surface area contributed by atoms with Gasteiger partial charge in [0.05, 0.1) is 18.1 Å². The summed E-state index contributed by atoms with van der Waals surface area (Å²) in [4.78, 5) is 43.8. The van der Waals surface area contributed by atoms with Crippen LogP contribution in [0.1, 0.15) is 12.8 Å². The topological polar surface area (TPSA) is 92.3 Å². The van der Waals surface area contributed by atoms with Crippen molar-refractivity contribution in [3.8, 4) is 0 Å². The van der Waals surface area contributed by atoms with Crippen LogP contribution in [0.4, 0.5) is 10.5 Å². The second kappa shape index (κ2) is 3.09. The SMILES string of the molecule is O=C1NC(=O)C2(CC2)C(=O)N1c1cncnc1. The second-order valence-electron chi connectivity index (χ2n) is 4.08. The van der Waals surface area contributed by atoms with Gasteiger partial charge in [-0.1, -0.05) is 0 Å². The molecule has 1 aliphatic carbocycles. The number of imide groups is 2. The molecule has 1 aromatic heterocycles. The highest BCUT2D eigenvalue weighted by Crippen LogP contribution is 2.49. The van der Waals surface area contributed by atoms with Crippen LogP contribution >= 0.6 is 0 Å². The number of aromatic nitrogens is 2. The van der Waals surface area contributed by atoms with Crippen LogP contribution in [0.25, 0.3) is 0 Å². The van der Waals surface area contributed by atoms with Crippen molar-refractivity contribution in [3.05, 3.63) is 18.7 Å². The van der Waals surface area contributed by atoms with Crippen molar-refractivity contribution in [2.24, 2.45) is 5.41 Å². The molecule has 1 aromatic rings. The Kier molecular flexibility index (Phi) is 1.80. The molecular formula is C10H8N4O3. The van der Waals surface area contributed by atoms with Gasteiger partial charge in [0, 0.05) is 0 Å². The van der Waals surface area contributed by atoms with E-state index in [0.29, 0.717) is 12.8 Å². The fourth-order valence-corrected chi connectivity index (χ4v) is 1.88. The summed E-state index contributed by atoms with van der Waals surface area (Å²) in [6.45, 7) is 0. The van der Waals surface area contributed by atoms with Gasteiger partial charge in [0.2, 0.25) is 5.91 Å². The summed E-state index contributed by atoms with van der Waals surface area (Å²) < 4.78 is 0. The molecule has 4 amide bonds. The first-order valence-electron chi connectivity index (χ1n) is 5.10. The Hall–Kier alpha value is -2.31. The lowest BCUT2D eigenvalue weighted by Gasteiger charge is -2.29. The zero-order valence-corrected chi connectivity index (χ0v) is 8.71. The van der Waals surface area contributed by atoms with E-state index in [1.807, 2.05) is 0 Å². The first-order chi connectivity index (χ1) is 8.15. The zero-order valence-electron chi connectivity index (χ0n) is 8.71. The maximum Gasteiger partial charge on any atom is 0.335 e. The molecule has 0 atom stereocenters. The standard InChI is InChI=1S/C10H8N4O3/c15-7-10(1-2-10)8(16)14(9(17)13-7)6-3-11-5-12-4-6/h3-5H,1-2H2,(H,13,15,17). The summed E-state index contributed by atoms with van der Waals surface area (Å²) in [5.41, 5.74) is -0.766. The van der Waals surface area contributed by atoms with E-state index in [1.54, 1.807) is 0 Å². The molecule has 1 saturated heterocycles. The van der Waals surface area contributed by atoms with E-state index in [-0.39, 0.29) is 5.69 Å². The van der Waals surface area contributed by atoms with Crippen molar-refractivity contribution in [3.63, 3.8) is 0 Å². The molecule has 1 aliphatic heterocycles. The van der Waals surface area contributed by atoms with E-state index in [9.17, 15) is 14.4 Å². The number of carbonyl (C=O) groups excluding carboxylic acids is 3. The van der Waals surface area contributed by atoms with Crippen molar-refractivity contribution >= 4 is 23.5 Å². The highest BCUT2D eigenvalue weighted by atomic mass is 16.2. The Balaban J connectivity index is 2.02. The first-order valence-corrected chi connectivity index (χ1v) is 5.10. The molecule has 3 rings (SSSR count). The van der Waals surface area contributed by atoms with Gasteiger partial charge in [-0.25, -0.2) is 19.7 Å². The summed E-state index contributed by atoms with van der Waals surface area (Å²) in [6, 6.07) is -0.743. The Bertz CT molecular complexity index is 524. The third-order valence-electron chi connectivity index (χ3n) is 3.03. The third kappa shape index (κ3) is 1.25. The number of amides is 4. The predicted molar refractivity (Wildman–Crippen MR) is 54.7 cm³/mol. The molecule has 86 valence electrons. The Morgan fingerprint density at radius 3 is 2.41 bits per heavy atom. The summed E-state index contributed by atoms with van der Waals surface area (Å²) >= 11 is 0. The second-order valence-corrected chi connectivity index (χ2v) is 4.08. The van der Waals surface area contributed by atoms with Crippen LogP contribution in [-0.4, -0.2) is 27.8 Å². The lowest BCUT2D eigenvalue weighted by Crippen LogP contribution is -2.59. The lowest BCUT2D eigenvalue weighted by molar-refractivity contribution is -0.136. The van der Waals surface area contributed by atoms with Gasteiger partial charge in [-0.05, 0) is 12.8 Å². The van der Waals surface area contributed by atoms with E-state index in [0.717, 1.165) is 4.90 Å². The molecular weight excluding hydrogens is 224 g/mol. The molecule has 7 heteroatoms. The van der Waals surface area contributed by atoms with Crippen molar-refractivity contribution in [2.45, 2.75) is 12.8 Å². The fourth-order valence-electron chi connectivity index (χ4n) is 1.88. The van der Waals surface area contributed by atoms with Gasteiger partial charge in [0.15, 0.2) is 0 Å². The Labute approximate surface area is 95.8 Å². The monoisotopic (exact) mass is 232 g/mol. The van der Waals surface area contributed by atoms with E-state index in [4.69, 9.17) is 0 Å². The number of hydrogen-bond donors (Lipinski definition) is 1. The van der Waals surface area contributed by atoms with Crippen LogP contribution < -0.4 is 10.2 Å². The molecule has 7 nitrogen and oxygen atoms in total. The normalized spacial score (nSPS) is 21.6. The summed E-state index contributed by atoms with van der Waals surface area (Å²) in [5, 5.41) is 2.18. The average molecular weight is 232 g/mol. The fraction of sp³-hybridized carbons (Fsp3) is 0.300. The number of nitrogens with one attached hydrogen (secondary N) is 1. The summed E-state index contributed by atoms with van der Waals surface area (Å²) in [6.07, 6.45) is 4.98. The van der Waals surface area contributed by atoms with Crippen LogP contribution in [0.3, 0.4) is 0 Å². The summed E-state index contributed by atoms with van der Waals surface area (Å²) in [7, 11) is 0. The molecule has 0 unspecified atom stereocenters. The van der Waals surface area contributed by atoms with Gasteiger partial charge in [0.25, 0.3) is 5.91 Å². The van der Waals surface area contributed by atoms with Gasteiger partial charge in [-0.3, -0.25) is 14.9 Å². The van der Waals surface area contributed by atoms with Gasteiger partial charge in [-0.2, -0.15) is 0 Å². The molecule has 0 bridgehead atoms. The number of urea groups is 1. The van der Waals surface area contributed by atoms with Gasteiger partial charge >= 0.3 is 6.03 Å². The minimum atomic E-state index is -1.04. The smallest absolute Gasteiger partial charge is 0.276 e. The predicted octanol–water partition coefficient (Wildman–Crippen LogP) is -0.160. The van der Waals surface area contributed by atoms with Gasteiger partial charge < -0.3 is 0 Å². The van der Waals surface area contributed by atoms with E-state index >= 15 is 0 Å². The largest absolute Gasteiger partial charge is 0.335 e. The van der Waals surface area contributed by atoms with Crippen LogP contribution in [0, 0.1) is 5.41 Å².